The van der Waals surface area contributed by atoms with Gasteiger partial charge in [0.2, 0.25) is 0 Å². The Morgan fingerprint density at radius 1 is 1.28 bits per heavy atom. The first-order valence-corrected chi connectivity index (χ1v) is 12.6. The van der Waals surface area contributed by atoms with Gasteiger partial charge in [-0.1, -0.05) is 52.3 Å². The zero-order chi connectivity index (χ0) is 26.4. The SMILES string of the molecule is CCC(C)=c1c(OCC2(C)COC2)ccc/c1=C1\c2cc(=O)c(C(=O)O)cn2C(C(C)(C)C)CN1C. The normalized spacial score (nSPS) is 21.4. The van der Waals surface area contributed by atoms with E-state index in [1.807, 2.05) is 23.7 Å². The number of hydrogen-bond donors (Lipinski definition) is 1. The van der Waals surface area contributed by atoms with Gasteiger partial charge in [-0.15, -0.1) is 0 Å². The van der Waals surface area contributed by atoms with E-state index in [4.69, 9.17) is 9.47 Å². The van der Waals surface area contributed by atoms with Crippen LogP contribution in [0.2, 0.25) is 0 Å². The molecule has 4 rings (SSSR count). The number of pyridine rings is 1. The Balaban J connectivity index is 2.04. The minimum Gasteiger partial charge on any atom is -0.492 e. The highest BCUT2D eigenvalue weighted by Gasteiger charge is 2.36. The van der Waals surface area contributed by atoms with Crippen molar-refractivity contribution in [2.45, 2.75) is 54.0 Å². The van der Waals surface area contributed by atoms with Gasteiger partial charge >= 0.3 is 5.97 Å². The second-order valence-corrected chi connectivity index (χ2v) is 11.7. The lowest BCUT2D eigenvalue weighted by Crippen LogP contribution is -2.47. The molecule has 7 nitrogen and oxygen atoms in total. The third-order valence-electron chi connectivity index (χ3n) is 7.43. The number of aromatic nitrogens is 1. The van der Waals surface area contributed by atoms with Gasteiger partial charge in [0.1, 0.15) is 11.3 Å². The van der Waals surface area contributed by atoms with Crippen molar-refractivity contribution < 1.29 is 19.4 Å². The fourth-order valence-corrected chi connectivity index (χ4v) is 5.08. The molecule has 1 aromatic heterocycles. The van der Waals surface area contributed by atoms with Crippen LogP contribution in [0.15, 0.2) is 35.3 Å². The number of aromatic carboxylic acids is 1. The smallest absolute Gasteiger partial charge is 0.341 e. The summed E-state index contributed by atoms with van der Waals surface area (Å²) in [5.74, 6) is -0.391. The van der Waals surface area contributed by atoms with Crippen molar-refractivity contribution in [1.29, 1.82) is 0 Å². The van der Waals surface area contributed by atoms with Crippen molar-refractivity contribution in [2.24, 2.45) is 10.8 Å². The maximum atomic E-state index is 12.9. The molecule has 2 aliphatic rings. The van der Waals surface area contributed by atoms with E-state index < -0.39 is 11.4 Å². The molecule has 1 fully saturated rings. The number of carboxylic acid groups (broad SMARTS) is 1. The fourth-order valence-electron chi connectivity index (χ4n) is 5.08. The third kappa shape index (κ3) is 4.69. The molecule has 7 heteroatoms. The van der Waals surface area contributed by atoms with Crippen LogP contribution in [0.5, 0.6) is 5.75 Å². The molecule has 1 aromatic carbocycles. The van der Waals surface area contributed by atoms with Crippen LogP contribution < -0.4 is 20.6 Å². The summed E-state index contributed by atoms with van der Waals surface area (Å²) >= 11 is 0. The predicted octanol–water partition coefficient (Wildman–Crippen LogP) is 3.23. The van der Waals surface area contributed by atoms with Gasteiger partial charge in [0, 0.05) is 41.7 Å². The van der Waals surface area contributed by atoms with Crippen molar-refractivity contribution in [3.05, 3.63) is 62.4 Å². The summed E-state index contributed by atoms with van der Waals surface area (Å²) in [5.41, 5.74) is 1.97. The van der Waals surface area contributed by atoms with Crippen LogP contribution in [-0.2, 0) is 4.74 Å². The number of carbonyl (C=O) groups is 1. The lowest BCUT2D eigenvalue weighted by Gasteiger charge is -2.43. The highest BCUT2D eigenvalue weighted by atomic mass is 16.5. The van der Waals surface area contributed by atoms with Crippen LogP contribution >= 0.6 is 0 Å². The lowest BCUT2D eigenvalue weighted by atomic mass is 9.84. The molecule has 1 atom stereocenters. The molecule has 1 N–H and O–H groups in total. The fraction of sp³-hybridized carbons (Fsp3) is 0.517. The van der Waals surface area contributed by atoms with E-state index in [2.05, 4.69) is 52.5 Å². The Hall–Kier alpha value is -3.06. The summed E-state index contributed by atoms with van der Waals surface area (Å²) in [6, 6.07) is 7.53. The largest absolute Gasteiger partial charge is 0.492 e. The van der Waals surface area contributed by atoms with Gasteiger partial charge in [0.05, 0.1) is 37.3 Å². The third-order valence-corrected chi connectivity index (χ3v) is 7.43. The summed E-state index contributed by atoms with van der Waals surface area (Å²) < 4.78 is 13.8. The molecule has 0 aliphatic carbocycles. The standard InChI is InChI=1S/C29H38N2O5/c1-8-18(2)25-19(10-9-11-23(25)36-17-29(6)15-35-16-29)26-21-12-22(32)20(27(33)34)13-31(21)24(14-30(26)7)28(3,4)5/h9-13,24H,8,14-17H2,1-7H3,(H,33,34)/b25-18?,26-19-. The summed E-state index contributed by atoms with van der Waals surface area (Å²) in [6.45, 7) is 15.4. The number of ether oxygens (including phenoxy) is 2. The minimum absolute atomic E-state index is 0.00917. The molecule has 36 heavy (non-hydrogen) atoms. The molecular weight excluding hydrogens is 456 g/mol. The van der Waals surface area contributed by atoms with E-state index in [1.54, 1.807) is 0 Å². The van der Waals surface area contributed by atoms with Crippen molar-refractivity contribution in [3.63, 3.8) is 0 Å². The quantitative estimate of drug-likeness (QED) is 0.688. The first-order chi connectivity index (χ1) is 16.9. The molecule has 2 aliphatic heterocycles. The van der Waals surface area contributed by atoms with Crippen molar-refractivity contribution in [2.75, 3.05) is 33.4 Å². The van der Waals surface area contributed by atoms with Gasteiger partial charge in [-0.05, 0) is 24.8 Å². The first kappa shape index (κ1) is 26.0. The van der Waals surface area contributed by atoms with Crippen LogP contribution in [0.25, 0.3) is 11.3 Å². The Kier molecular flexibility index (Phi) is 6.82. The number of nitrogens with zero attached hydrogens (tertiary/aromatic N) is 2. The maximum absolute atomic E-state index is 12.9. The summed E-state index contributed by atoms with van der Waals surface area (Å²) in [4.78, 5) is 26.9. The van der Waals surface area contributed by atoms with E-state index in [1.165, 1.54) is 17.8 Å². The second-order valence-electron chi connectivity index (χ2n) is 11.7. The molecule has 2 aromatic rings. The van der Waals surface area contributed by atoms with Gasteiger partial charge in [-0.25, -0.2) is 4.79 Å². The Labute approximate surface area is 212 Å². The maximum Gasteiger partial charge on any atom is 0.341 e. The van der Waals surface area contributed by atoms with Crippen LogP contribution in [0.1, 0.15) is 70.1 Å². The second kappa shape index (κ2) is 9.43. The van der Waals surface area contributed by atoms with Gasteiger partial charge in [0.15, 0.2) is 5.43 Å². The van der Waals surface area contributed by atoms with Gasteiger partial charge in [0.25, 0.3) is 0 Å². The molecule has 194 valence electrons. The Bertz CT molecular complexity index is 1360. The van der Waals surface area contributed by atoms with Crippen LogP contribution in [-0.4, -0.2) is 54.0 Å². The molecule has 1 saturated heterocycles. The number of likely N-dealkylation sites (N-methyl/N-ethyl adjacent to an activating group) is 1. The summed E-state index contributed by atoms with van der Waals surface area (Å²) in [6.07, 6.45) is 2.37. The summed E-state index contributed by atoms with van der Waals surface area (Å²) in [5, 5.41) is 11.7. The Morgan fingerprint density at radius 2 is 1.97 bits per heavy atom. The first-order valence-electron chi connectivity index (χ1n) is 12.6. The van der Waals surface area contributed by atoms with E-state index in [9.17, 15) is 14.7 Å². The van der Waals surface area contributed by atoms with Crippen molar-refractivity contribution >= 4 is 17.2 Å². The number of benzene rings is 1. The molecule has 0 amide bonds. The predicted molar refractivity (Wildman–Crippen MR) is 141 cm³/mol. The van der Waals surface area contributed by atoms with Gasteiger partial charge in [-0.2, -0.15) is 0 Å². The van der Waals surface area contributed by atoms with Gasteiger partial charge in [-0.3, -0.25) is 4.79 Å². The van der Waals surface area contributed by atoms with E-state index in [0.29, 0.717) is 26.4 Å². The van der Waals surface area contributed by atoms with E-state index in [0.717, 1.165) is 34.0 Å². The van der Waals surface area contributed by atoms with E-state index in [-0.39, 0.29) is 22.4 Å². The zero-order valence-electron chi connectivity index (χ0n) is 22.5. The average molecular weight is 495 g/mol. The molecule has 0 spiro atoms. The molecule has 0 bridgehead atoms. The summed E-state index contributed by atoms with van der Waals surface area (Å²) in [7, 11) is 2.04. The van der Waals surface area contributed by atoms with Gasteiger partial charge < -0.3 is 24.0 Å². The monoisotopic (exact) mass is 494 g/mol. The molecular formula is C29H38N2O5. The van der Waals surface area contributed by atoms with Crippen LogP contribution in [0.3, 0.4) is 0 Å². The van der Waals surface area contributed by atoms with Crippen LogP contribution in [0, 0.1) is 10.8 Å². The lowest BCUT2D eigenvalue weighted by molar-refractivity contribution is -0.120. The number of carboxylic acids is 1. The minimum atomic E-state index is -1.21. The molecule has 0 radical (unpaired) electrons. The zero-order valence-corrected chi connectivity index (χ0v) is 22.5. The topological polar surface area (TPSA) is 81.0 Å². The highest BCUT2D eigenvalue weighted by molar-refractivity contribution is 5.87. The average Bonchev–Trinajstić information content (AvgIpc) is 2.79. The van der Waals surface area contributed by atoms with Crippen LogP contribution in [0.4, 0.5) is 0 Å². The molecule has 3 heterocycles. The van der Waals surface area contributed by atoms with E-state index >= 15 is 0 Å². The number of fused-ring (bicyclic) bond motifs is 1. The number of hydrogen-bond acceptors (Lipinski definition) is 5. The molecule has 0 saturated carbocycles. The van der Waals surface area contributed by atoms with Crippen molar-refractivity contribution in [1.82, 2.24) is 9.47 Å². The highest BCUT2D eigenvalue weighted by Crippen LogP contribution is 2.37. The number of rotatable bonds is 5. The van der Waals surface area contributed by atoms with Crippen molar-refractivity contribution in [3.8, 4) is 5.75 Å². The Morgan fingerprint density at radius 3 is 2.53 bits per heavy atom. The molecule has 1 unspecified atom stereocenters.